The Labute approximate surface area is 108 Å². The third-order valence-corrected chi connectivity index (χ3v) is 2.73. The number of ether oxygens (including phenoxy) is 2. The number of nitrogens with one attached hydrogen (secondary N) is 1. The maximum absolute atomic E-state index is 6.18. The molecule has 0 aliphatic rings. The molecule has 0 radical (unpaired) electrons. The molecule has 0 aliphatic heterocycles. The van der Waals surface area contributed by atoms with Gasteiger partial charge in [-0.15, -0.1) is 0 Å². The van der Waals surface area contributed by atoms with E-state index in [1.807, 2.05) is 13.0 Å². The van der Waals surface area contributed by atoms with Gasteiger partial charge in [0.05, 0.1) is 13.7 Å². The lowest BCUT2D eigenvalue weighted by Crippen LogP contribution is -2.14. The highest BCUT2D eigenvalue weighted by molar-refractivity contribution is 6.31. The van der Waals surface area contributed by atoms with E-state index in [9.17, 15) is 0 Å². The molecular weight excluding hydrogens is 238 g/mol. The fourth-order valence-corrected chi connectivity index (χ4v) is 1.76. The topological polar surface area (TPSA) is 30.5 Å². The molecule has 96 valence electrons. The summed E-state index contributed by atoms with van der Waals surface area (Å²) in [5, 5.41) is 4.02. The Morgan fingerprint density at radius 1 is 1.24 bits per heavy atom. The van der Waals surface area contributed by atoms with Crippen LogP contribution in [0.3, 0.4) is 0 Å². The molecule has 0 heterocycles. The van der Waals surface area contributed by atoms with Crippen LogP contribution in [0.4, 0.5) is 0 Å². The SMILES string of the molecule is CCCNCc1cc(OCC)c(OC)cc1Cl. The minimum Gasteiger partial charge on any atom is -0.493 e. The van der Waals surface area contributed by atoms with E-state index in [1.165, 1.54) is 0 Å². The van der Waals surface area contributed by atoms with Crippen molar-refractivity contribution in [2.45, 2.75) is 26.8 Å². The largest absolute Gasteiger partial charge is 0.493 e. The van der Waals surface area contributed by atoms with Crippen molar-refractivity contribution in [2.24, 2.45) is 0 Å². The van der Waals surface area contributed by atoms with Crippen LogP contribution < -0.4 is 14.8 Å². The summed E-state index contributed by atoms with van der Waals surface area (Å²) in [5.74, 6) is 1.42. The first-order valence-corrected chi connectivity index (χ1v) is 6.30. The van der Waals surface area contributed by atoms with Crippen molar-refractivity contribution in [3.05, 3.63) is 22.7 Å². The summed E-state index contributed by atoms with van der Waals surface area (Å²) >= 11 is 6.18. The first-order valence-electron chi connectivity index (χ1n) is 5.92. The van der Waals surface area contributed by atoms with Crippen molar-refractivity contribution < 1.29 is 9.47 Å². The summed E-state index contributed by atoms with van der Waals surface area (Å²) in [5.41, 5.74) is 1.03. The summed E-state index contributed by atoms with van der Waals surface area (Å²) in [6.45, 7) is 6.42. The molecule has 4 heteroatoms. The maximum Gasteiger partial charge on any atom is 0.162 e. The highest BCUT2D eigenvalue weighted by atomic mass is 35.5. The van der Waals surface area contributed by atoms with Crippen molar-refractivity contribution in [3.63, 3.8) is 0 Å². The van der Waals surface area contributed by atoms with Crippen molar-refractivity contribution in [2.75, 3.05) is 20.3 Å². The highest BCUT2D eigenvalue weighted by Crippen LogP contribution is 2.33. The van der Waals surface area contributed by atoms with Gasteiger partial charge in [0.2, 0.25) is 0 Å². The molecule has 1 aromatic carbocycles. The van der Waals surface area contributed by atoms with Crippen LogP contribution in [0.2, 0.25) is 5.02 Å². The van der Waals surface area contributed by atoms with E-state index in [-0.39, 0.29) is 0 Å². The van der Waals surface area contributed by atoms with Crippen molar-refractivity contribution >= 4 is 11.6 Å². The number of hydrogen-bond acceptors (Lipinski definition) is 3. The standard InChI is InChI=1S/C13H20ClNO2/c1-4-6-15-9-10-7-13(17-5-2)12(16-3)8-11(10)14/h7-8,15H,4-6,9H2,1-3H3. The zero-order valence-corrected chi connectivity index (χ0v) is 11.4. The zero-order valence-electron chi connectivity index (χ0n) is 10.7. The Bertz CT molecular complexity index is 356. The van der Waals surface area contributed by atoms with Gasteiger partial charge in [-0.05, 0) is 31.5 Å². The van der Waals surface area contributed by atoms with Gasteiger partial charge in [0.25, 0.3) is 0 Å². The molecule has 0 unspecified atom stereocenters. The predicted molar refractivity (Wildman–Crippen MR) is 71.2 cm³/mol. The second-order valence-corrected chi connectivity index (χ2v) is 4.11. The molecular formula is C13H20ClNO2. The van der Waals surface area contributed by atoms with E-state index < -0.39 is 0 Å². The first kappa shape index (κ1) is 14.1. The molecule has 0 aromatic heterocycles. The van der Waals surface area contributed by atoms with Crippen LogP contribution in [0.15, 0.2) is 12.1 Å². The summed E-state index contributed by atoms with van der Waals surface area (Å²) in [6.07, 6.45) is 1.10. The first-order chi connectivity index (χ1) is 8.22. The Balaban J connectivity index is 2.85. The van der Waals surface area contributed by atoms with Gasteiger partial charge in [0.15, 0.2) is 11.5 Å². The lowest BCUT2D eigenvalue weighted by atomic mass is 10.2. The smallest absolute Gasteiger partial charge is 0.162 e. The number of hydrogen-bond donors (Lipinski definition) is 1. The van der Waals surface area contributed by atoms with Gasteiger partial charge in [0.1, 0.15) is 0 Å². The van der Waals surface area contributed by atoms with Crippen molar-refractivity contribution in [3.8, 4) is 11.5 Å². The molecule has 0 saturated heterocycles. The molecule has 17 heavy (non-hydrogen) atoms. The second kappa shape index (κ2) is 7.41. The molecule has 1 N–H and O–H groups in total. The second-order valence-electron chi connectivity index (χ2n) is 3.70. The van der Waals surface area contributed by atoms with Crippen molar-refractivity contribution in [1.82, 2.24) is 5.32 Å². The summed E-state index contributed by atoms with van der Waals surface area (Å²) < 4.78 is 10.7. The average molecular weight is 258 g/mol. The van der Waals surface area contributed by atoms with Gasteiger partial charge >= 0.3 is 0 Å². The Kier molecular flexibility index (Phi) is 6.16. The summed E-state index contributed by atoms with van der Waals surface area (Å²) in [4.78, 5) is 0. The fraction of sp³-hybridized carbons (Fsp3) is 0.538. The Morgan fingerprint density at radius 2 is 2.00 bits per heavy atom. The minimum atomic E-state index is 0.611. The maximum atomic E-state index is 6.18. The van der Waals surface area contributed by atoms with E-state index in [1.54, 1.807) is 13.2 Å². The van der Waals surface area contributed by atoms with E-state index >= 15 is 0 Å². The third kappa shape index (κ3) is 4.10. The van der Waals surface area contributed by atoms with Gasteiger partial charge in [-0.2, -0.15) is 0 Å². The third-order valence-electron chi connectivity index (χ3n) is 2.37. The minimum absolute atomic E-state index is 0.611. The van der Waals surface area contributed by atoms with E-state index in [4.69, 9.17) is 21.1 Å². The molecule has 1 rings (SSSR count). The molecule has 0 atom stereocenters. The summed E-state index contributed by atoms with van der Waals surface area (Å²) in [7, 11) is 1.61. The predicted octanol–water partition coefficient (Wildman–Crippen LogP) is 3.25. The van der Waals surface area contributed by atoms with Gasteiger partial charge in [0, 0.05) is 17.6 Å². The fourth-order valence-electron chi connectivity index (χ4n) is 1.54. The van der Waals surface area contributed by atoms with Crippen LogP contribution in [0.1, 0.15) is 25.8 Å². The number of methoxy groups -OCH3 is 1. The van der Waals surface area contributed by atoms with Crippen LogP contribution in [0.5, 0.6) is 11.5 Å². The quantitative estimate of drug-likeness (QED) is 0.761. The Morgan fingerprint density at radius 3 is 2.59 bits per heavy atom. The molecule has 0 aliphatic carbocycles. The molecule has 3 nitrogen and oxygen atoms in total. The van der Waals surface area contributed by atoms with E-state index in [0.717, 1.165) is 30.8 Å². The van der Waals surface area contributed by atoms with Gasteiger partial charge in [-0.25, -0.2) is 0 Å². The molecule has 0 saturated carbocycles. The van der Waals surface area contributed by atoms with Gasteiger partial charge in [-0.1, -0.05) is 18.5 Å². The molecule has 0 spiro atoms. The lowest BCUT2D eigenvalue weighted by molar-refractivity contribution is 0.310. The summed E-state index contributed by atoms with van der Waals surface area (Å²) in [6, 6.07) is 3.74. The molecule has 0 amide bonds. The monoisotopic (exact) mass is 257 g/mol. The number of halogens is 1. The van der Waals surface area contributed by atoms with Crippen LogP contribution in [0.25, 0.3) is 0 Å². The number of benzene rings is 1. The average Bonchev–Trinajstić information content (AvgIpc) is 2.33. The lowest BCUT2D eigenvalue weighted by Gasteiger charge is -2.13. The number of rotatable bonds is 7. The van der Waals surface area contributed by atoms with Gasteiger partial charge < -0.3 is 14.8 Å². The normalized spacial score (nSPS) is 10.4. The van der Waals surface area contributed by atoms with Crippen molar-refractivity contribution in [1.29, 1.82) is 0 Å². The Hall–Kier alpha value is -0.930. The van der Waals surface area contributed by atoms with Crippen LogP contribution >= 0.6 is 11.6 Å². The van der Waals surface area contributed by atoms with Crippen LogP contribution in [-0.4, -0.2) is 20.3 Å². The molecule has 0 bridgehead atoms. The van der Waals surface area contributed by atoms with Crippen LogP contribution in [-0.2, 0) is 6.54 Å². The van der Waals surface area contributed by atoms with Crippen LogP contribution in [0, 0.1) is 0 Å². The van der Waals surface area contributed by atoms with Gasteiger partial charge in [-0.3, -0.25) is 0 Å². The van der Waals surface area contributed by atoms with E-state index in [0.29, 0.717) is 17.4 Å². The molecule has 0 fully saturated rings. The zero-order chi connectivity index (χ0) is 12.7. The highest BCUT2D eigenvalue weighted by Gasteiger charge is 2.09. The van der Waals surface area contributed by atoms with E-state index in [2.05, 4.69) is 12.2 Å². The molecule has 1 aromatic rings.